The fraction of sp³-hybridized carbons (Fsp3) is 0.333. The molecule has 0 aliphatic carbocycles. The van der Waals surface area contributed by atoms with Crippen LogP contribution in [0.3, 0.4) is 0 Å². The lowest BCUT2D eigenvalue weighted by atomic mass is 10.5. The van der Waals surface area contributed by atoms with Gasteiger partial charge in [0, 0.05) is 38.4 Å². The third-order valence-corrected chi connectivity index (χ3v) is 1.52. The molecule has 0 amide bonds. The lowest BCUT2D eigenvalue weighted by Gasteiger charge is -2.04. The molecule has 1 heterocycles. The van der Waals surface area contributed by atoms with Gasteiger partial charge in [0.05, 0.1) is 0 Å². The number of nitrogens with zero attached hydrogens (tertiary/aromatic N) is 2. The Morgan fingerprint density at radius 1 is 1.45 bits per heavy atom. The van der Waals surface area contributed by atoms with E-state index in [9.17, 15) is 0 Å². The fourth-order valence-corrected chi connectivity index (χ4v) is 0.851. The van der Waals surface area contributed by atoms with Crippen LogP contribution in [-0.4, -0.2) is 23.6 Å². The van der Waals surface area contributed by atoms with Crippen LogP contribution in [-0.2, 0) is 0 Å². The Labute approximate surface area is 67.7 Å². The van der Waals surface area contributed by atoms with Gasteiger partial charge in [-0.3, -0.25) is 0 Å². The highest BCUT2D eigenvalue weighted by Crippen LogP contribution is 1.99. The maximum Gasteiger partial charge on any atom is 0.0244 e. The predicted octanol–water partition coefficient (Wildman–Crippen LogP) is 1.79. The highest BCUT2D eigenvalue weighted by Gasteiger charge is 1.87. The smallest absolute Gasteiger partial charge is 0.0244 e. The third-order valence-electron chi connectivity index (χ3n) is 1.52. The second-order valence-corrected chi connectivity index (χ2v) is 2.82. The first kappa shape index (κ1) is 7.92. The molecule has 0 saturated carbocycles. The van der Waals surface area contributed by atoms with Crippen LogP contribution >= 0.6 is 0 Å². The summed E-state index contributed by atoms with van der Waals surface area (Å²) < 4.78 is 2.08. The summed E-state index contributed by atoms with van der Waals surface area (Å²) in [5, 5.41) is 0. The van der Waals surface area contributed by atoms with Gasteiger partial charge in [0.1, 0.15) is 0 Å². The molecule has 0 aliphatic rings. The van der Waals surface area contributed by atoms with E-state index in [1.165, 1.54) is 5.69 Å². The molecule has 0 spiro atoms. The molecule has 0 unspecified atom stereocenters. The summed E-state index contributed by atoms with van der Waals surface area (Å²) in [5.41, 5.74) is 1.25. The molecular weight excluding hydrogens is 136 g/mol. The first-order chi connectivity index (χ1) is 5.20. The molecule has 0 fully saturated rings. The maximum absolute atomic E-state index is 2.08. The zero-order valence-corrected chi connectivity index (χ0v) is 7.28. The second kappa shape index (κ2) is 3.28. The van der Waals surface area contributed by atoms with Gasteiger partial charge in [0.2, 0.25) is 0 Å². The molecule has 0 aromatic carbocycles. The summed E-state index contributed by atoms with van der Waals surface area (Å²) in [4.78, 5) is 2.01. The predicted molar refractivity (Wildman–Crippen MR) is 48.2 cm³/mol. The Balaban J connectivity index is 2.71. The van der Waals surface area contributed by atoms with Gasteiger partial charge < -0.3 is 9.47 Å². The molecule has 0 N–H and O–H groups in total. The molecule has 0 atom stereocenters. The highest BCUT2D eigenvalue weighted by atomic mass is 15.1. The van der Waals surface area contributed by atoms with Crippen molar-refractivity contribution in [2.24, 2.45) is 0 Å². The van der Waals surface area contributed by atoms with Gasteiger partial charge in [-0.1, -0.05) is 0 Å². The van der Waals surface area contributed by atoms with Gasteiger partial charge >= 0.3 is 0 Å². The minimum Gasteiger partial charge on any atom is -0.382 e. The number of hydrogen-bond donors (Lipinski definition) is 0. The molecule has 0 saturated heterocycles. The van der Waals surface area contributed by atoms with Crippen LogP contribution in [0, 0.1) is 6.92 Å². The molecule has 1 rings (SSSR count). The summed E-state index contributed by atoms with van der Waals surface area (Å²) >= 11 is 0. The third kappa shape index (κ3) is 2.15. The van der Waals surface area contributed by atoms with Crippen molar-refractivity contribution in [3.05, 3.63) is 30.2 Å². The molecule has 11 heavy (non-hydrogen) atoms. The molecule has 0 radical (unpaired) electrons. The number of hydrogen-bond acceptors (Lipinski definition) is 1. The van der Waals surface area contributed by atoms with Gasteiger partial charge in [-0.25, -0.2) is 0 Å². The van der Waals surface area contributed by atoms with E-state index in [1.807, 2.05) is 43.7 Å². The minimum absolute atomic E-state index is 1.25. The van der Waals surface area contributed by atoms with E-state index in [2.05, 4.69) is 17.6 Å². The van der Waals surface area contributed by atoms with Gasteiger partial charge in [-0.05, 0) is 19.1 Å². The van der Waals surface area contributed by atoms with Crippen LogP contribution in [0.4, 0.5) is 0 Å². The zero-order chi connectivity index (χ0) is 8.27. The largest absolute Gasteiger partial charge is 0.382 e. The molecule has 2 heteroatoms. The van der Waals surface area contributed by atoms with E-state index in [-0.39, 0.29) is 0 Å². The average molecular weight is 150 g/mol. The first-order valence-electron chi connectivity index (χ1n) is 3.68. The normalized spacial score (nSPS) is 10.8. The Hall–Kier alpha value is -1.18. The lowest BCUT2D eigenvalue weighted by Crippen LogP contribution is -2.01. The van der Waals surface area contributed by atoms with Crippen LogP contribution in [0.1, 0.15) is 5.69 Å². The zero-order valence-electron chi connectivity index (χ0n) is 7.28. The quantitative estimate of drug-likeness (QED) is 0.624. The van der Waals surface area contributed by atoms with Crippen molar-refractivity contribution in [1.29, 1.82) is 0 Å². The van der Waals surface area contributed by atoms with E-state index in [4.69, 9.17) is 0 Å². The Kier molecular flexibility index (Phi) is 2.36. The SMILES string of the molecule is Cc1cccn1/C=C\N(C)C. The Morgan fingerprint density at radius 3 is 2.64 bits per heavy atom. The van der Waals surface area contributed by atoms with Crippen LogP contribution < -0.4 is 0 Å². The topological polar surface area (TPSA) is 8.17 Å². The van der Waals surface area contributed by atoms with Crippen molar-refractivity contribution in [2.45, 2.75) is 6.92 Å². The van der Waals surface area contributed by atoms with Crippen molar-refractivity contribution < 1.29 is 0 Å². The minimum atomic E-state index is 1.25. The highest BCUT2D eigenvalue weighted by molar-refractivity contribution is 5.26. The van der Waals surface area contributed by atoms with E-state index in [0.29, 0.717) is 0 Å². The van der Waals surface area contributed by atoms with Gasteiger partial charge in [0.15, 0.2) is 0 Å². The van der Waals surface area contributed by atoms with Gasteiger partial charge in [0.25, 0.3) is 0 Å². The molecule has 1 aromatic rings. The molecule has 60 valence electrons. The van der Waals surface area contributed by atoms with Crippen molar-refractivity contribution >= 4 is 6.20 Å². The van der Waals surface area contributed by atoms with E-state index in [0.717, 1.165) is 0 Å². The molecule has 0 bridgehead atoms. The second-order valence-electron chi connectivity index (χ2n) is 2.82. The average Bonchev–Trinajstić information content (AvgIpc) is 2.31. The molecule has 2 nitrogen and oxygen atoms in total. The van der Waals surface area contributed by atoms with Crippen LogP contribution in [0.5, 0.6) is 0 Å². The monoisotopic (exact) mass is 150 g/mol. The summed E-state index contributed by atoms with van der Waals surface area (Å²) in [6.45, 7) is 2.08. The van der Waals surface area contributed by atoms with Crippen molar-refractivity contribution in [2.75, 3.05) is 14.1 Å². The molecular formula is C9H14N2. The molecule has 1 aromatic heterocycles. The fourth-order valence-electron chi connectivity index (χ4n) is 0.851. The van der Waals surface area contributed by atoms with Crippen molar-refractivity contribution in [1.82, 2.24) is 9.47 Å². The van der Waals surface area contributed by atoms with Crippen molar-refractivity contribution in [3.63, 3.8) is 0 Å². The summed E-state index contributed by atoms with van der Waals surface area (Å²) in [6.07, 6.45) is 6.09. The van der Waals surface area contributed by atoms with E-state index < -0.39 is 0 Å². The number of aromatic nitrogens is 1. The lowest BCUT2D eigenvalue weighted by molar-refractivity contribution is 0.565. The van der Waals surface area contributed by atoms with E-state index in [1.54, 1.807) is 0 Å². The van der Waals surface area contributed by atoms with E-state index >= 15 is 0 Å². The van der Waals surface area contributed by atoms with Gasteiger partial charge in [-0.2, -0.15) is 0 Å². The maximum atomic E-state index is 2.08. The van der Waals surface area contributed by atoms with Crippen LogP contribution in [0.25, 0.3) is 6.20 Å². The number of aryl methyl sites for hydroxylation is 1. The standard InChI is InChI=1S/C9H14N2/c1-9-5-4-6-11(9)8-7-10(2)3/h4-8H,1-3H3/b8-7-. The molecule has 0 aliphatic heterocycles. The van der Waals surface area contributed by atoms with Gasteiger partial charge in [-0.15, -0.1) is 0 Å². The first-order valence-corrected chi connectivity index (χ1v) is 3.68. The Bertz CT molecular complexity index is 246. The number of rotatable bonds is 2. The Morgan fingerprint density at radius 2 is 2.18 bits per heavy atom. The summed E-state index contributed by atoms with van der Waals surface area (Å²) in [5.74, 6) is 0. The summed E-state index contributed by atoms with van der Waals surface area (Å²) in [7, 11) is 4.02. The van der Waals surface area contributed by atoms with Crippen LogP contribution in [0.2, 0.25) is 0 Å². The van der Waals surface area contributed by atoms with Crippen LogP contribution in [0.15, 0.2) is 24.5 Å². The summed E-state index contributed by atoms with van der Waals surface area (Å²) in [6, 6.07) is 4.12. The van der Waals surface area contributed by atoms with Crippen molar-refractivity contribution in [3.8, 4) is 0 Å².